The maximum absolute atomic E-state index is 14.2. The molecule has 8 N–H and O–H groups in total. The third-order valence-electron chi connectivity index (χ3n) is 34.7. The molecule has 0 heterocycles. The van der Waals surface area contributed by atoms with E-state index in [4.69, 9.17) is 28.6 Å². The third-order valence-corrected chi connectivity index (χ3v) is 35.5. The molecule has 9 nitrogen and oxygen atoms in total. The summed E-state index contributed by atoms with van der Waals surface area (Å²) in [6.45, 7) is 43.7. The number of carbonyl (C=O) groups is 1. The summed E-state index contributed by atoms with van der Waals surface area (Å²) in [6.07, 6.45) is 65.8. The van der Waals surface area contributed by atoms with Gasteiger partial charge < -0.3 is 41.2 Å². The molecule has 9 fully saturated rings. The highest BCUT2D eigenvalue weighted by atomic mass is 35.5. The van der Waals surface area contributed by atoms with E-state index in [1.165, 1.54) is 80.1 Å². The van der Waals surface area contributed by atoms with Crippen LogP contribution in [0, 0.1) is 80.3 Å². The van der Waals surface area contributed by atoms with Crippen molar-refractivity contribution in [2.24, 2.45) is 74.9 Å². The van der Waals surface area contributed by atoms with Crippen LogP contribution in [-0.2, 0) is 4.79 Å². The number of hydrogen-bond acceptors (Lipinski definition) is 9. The number of rotatable bonds is 29. The molecule has 12 rings (SSSR count). The largest absolute Gasteiger partial charge is 0.393 e. The van der Waals surface area contributed by atoms with Crippen LogP contribution in [0.3, 0.4) is 0 Å². The van der Waals surface area contributed by atoms with Crippen molar-refractivity contribution in [1.29, 1.82) is 5.41 Å². The van der Waals surface area contributed by atoms with Gasteiger partial charge in [-0.15, -0.1) is 23.2 Å². The van der Waals surface area contributed by atoms with Gasteiger partial charge in [0.15, 0.2) is 12.0 Å². The van der Waals surface area contributed by atoms with E-state index in [-0.39, 0.29) is 63.5 Å². The van der Waals surface area contributed by atoms with Gasteiger partial charge in [-0.1, -0.05) is 273 Å². The van der Waals surface area contributed by atoms with Crippen LogP contribution >= 0.6 is 23.2 Å². The van der Waals surface area contributed by atoms with Gasteiger partial charge in [0.2, 0.25) is 0 Å². The van der Waals surface area contributed by atoms with Crippen LogP contribution < -0.4 is 0 Å². The molecular weight excluding hydrogens is 1640 g/mol. The minimum absolute atomic E-state index is 0.0375. The Kier molecular flexibility index (Phi) is 39.4. The molecule has 12 aliphatic rings. The Morgan fingerprint density at radius 2 is 0.852 bits per heavy atom. The molecule has 0 spiro atoms. The fourth-order valence-electron chi connectivity index (χ4n) is 25.5. The minimum atomic E-state index is -1.57. The lowest BCUT2D eigenvalue weighted by molar-refractivity contribution is -0.123. The van der Waals surface area contributed by atoms with Gasteiger partial charge in [0.05, 0.1) is 51.8 Å². The van der Waals surface area contributed by atoms with Crippen molar-refractivity contribution in [3.05, 3.63) is 189 Å². The van der Waals surface area contributed by atoms with Crippen LogP contribution in [0.5, 0.6) is 0 Å². The second kappa shape index (κ2) is 47.2. The molecule has 21 atom stereocenters. The molecule has 0 aromatic heterocycles. The third kappa shape index (κ3) is 26.1. The zero-order chi connectivity index (χ0) is 94.1. The van der Waals surface area contributed by atoms with E-state index in [2.05, 4.69) is 155 Å². The lowest BCUT2D eigenvalue weighted by Gasteiger charge is -2.44. The summed E-state index contributed by atoms with van der Waals surface area (Å²) < 4.78 is 42.1. The average molecular weight is 1810 g/mol. The molecule has 0 amide bonds. The molecule has 0 aromatic rings. The first-order chi connectivity index (χ1) is 60.5. The predicted molar refractivity (Wildman–Crippen MR) is 531 cm³/mol. The SMILES string of the molecule is C=C1/C(=C\C=C2/CCCC3(C)C(C(C)C/C=C/C(O)(CC)CC)=CCC23)CC(Cl)CC1F.C=C1/C(=C\C=C2/CCCC3(C)C(C(C)CCCC(O)(CC)CC)=CCC23)CC(O)CC1Cl.CCC(O)(/C=C/CC(C)C1=CCC2/C(=C/C=C3/CC(O)CC(F)C3=N)CCCC12C)CC.CCC(O)(/C=C/CC(C)C1CCC2/C(=C/C=C3/CC(O)CC(F)C3=O)CCCC21C)CC. The van der Waals surface area contributed by atoms with E-state index in [0.717, 1.165) is 158 Å². The number of allylic oxidation sites excluding steroid dienone is 24. The highest BCUT2D eigenvalue weighted by Gasteiger charge is 2.53. The van der Waals surface area contributed by atoms with Crippen LogP contribution in [0.1, 0.15) is 361 Å². The number of Topliss-reactive ketones (excluding diaryl/α,β-unsaturated/α-hetero) is 1. The average Bonchev–Trinajstić information content (AvgIpc) is 1.61. The monoisotopic (exact) mass is 1810 g/mol. The second-order valence-corrected chi connectivity index (χ2v) is 44.0. The molecule has 0 radical (unpaired) electrons. The minimum Gasteiger partial charge on any atom is -0.393 e. The first-order valence-corrected chi connectivity index (χ1v) is 51.8. The molecule has 0 saturated heterocycles. The van der Waals surface area contributed by atoms with E-state index in [9.17, 15) is 53.7 Å². The van der Waals surface area contributed by atoms with Crippen molar-refractivity contribution in [3.63, 3.8) is 0 Å². The Morgan fingerprint density at radius 1 is 0.469 bits per heavy atom. The molecular formula is C114H172Cl2F3NO8. The van der Waals surface area contributed by atoms with Crippen LogP contribution in [-0.4, -0.2) is 117 Å². The van der Waals surface area contributed by atoms with Crippen molar-refractivity contribution in [1.82, 2.24) is 0 Å². The maximum Gasteiger partial charge on any atom is 0.193 e. The van der Waals surface area contributed by atoms with Crippen molar-refractivity contribution in [2.75, 3.05) is 0 Å². The summed E-state index contributed by atoms with van der Waals surface area (Å²) in [5.41, 5.74) is 13.7. The van der Waals surface area contributed by atoms with E-state index in [1.807, 2.05) is 65.8 Å². The topological polar surface area (TPSA) is 183 Å². The standard InChI is InChI=1S/C29H42ClFO.C29H45ClO2.C28H42FNO2.C28H43FO3/c1-6-29(32,7-2)17-8-10-20(3)25-14-15-26-22(11-9-16-28(25,26)5)12-13-23-18-24(30)19-27(31)21(23)4;1-6-29(32,7-2)17-8-10-20(3)25-14-15-26-22(11-9-16-28(25,26)5)12-13-23-18-24(31)19-27(30)21(23)4;1-5-28(32,6-2)16-7-9-19(3)23-13-14-24-20(10-8-15-27(23,24)4)11-12-21-17-22(31)18-25(29)26(21)30;1-5-28(32,6-2)16-7-9-19(3)23-13-14-24-20(10-8-15-27(23,24)4)11-12-21-17-22(30)18-25(29)26(21)31/h8,12-14,17,20,24,26-27,32H,4,6-7,9-11,15-16,18-19H2,1-3,5H3;12-14,20,24,26-27,31-32H,4,6-11,15-19H2,1-3,5H3;7,11-13,16,19,22,24-25,30-32H,5-6,8-10,14-15,17-18H2,1-4H3;7,11-12,16,19,22-25,30,32H,5-6,8-10,13-15,17-18H2,1-4H3/b17-8+,22-12+,23-13-;22-12+,23-13-;16-7+,20-11+,21-12-,30-26?;16-7+,20-11+,21-12-. The number of ketones is 1. The van der Waals surface area contributed by atoms with Crippen LogP contribution in [0.15, 0.2) is 189 Å². The van der Waals surface area contributed by atoms with Gasteiger partial charge >= 0.3 is 0 Å². The molecule has 9 saturated carbocycles. The Balaban J connectivity index is 0.000000193. The van der Waals surface area contributed by atoms with Crippen molar-refractivity contribution in [3.8, 4) is 0 Å². The quantitative estimate of drug-likeness (QED) is 0.0207. The maximum atomic E-state index is 14.2. The van der Waals surface area contributed by atoms with E-state index < -0.39 is 58.9 Å². The zero-order valence-electron chi connectivity index (χ0n) is 82.0. The van der Waals surface area contributed by atoms with E-state index in [1.54, 1.807) is 22.8 Å². The zero-order valence-corrected chi connectivity index (χ0v) is 83.6. The molecule has 128 heavy (non-hydrogen) atoms. The molecule has 0 aromatic carbocycles. The van der Waals surface area contributed by atoms with Gasteiger partial charge in [-0.2, -0.15) is 0 Å². The second-order valence-electron chi connectivity index (χ2n) is 42.9. The van der Waals surface area contributed by atoms with Crippen molar-refractivity contribution >= 4 is 34.7 Å². The molecule has 0 aliphatic heterocycles. The van der Waals surface area contributed by atoms with Gasteiger partial charge in [0.25, 0.3) is 0 Å². The smallest absolute Gasteiger partial charge is 0.193 e. The number of nitrogens with one attached hydrogen (secondary N) is 1. The number of fused-ring (bicyclic) bond motifs is 4. The van der Waals surface area contributed by atoms with Crippen molar-refractivity contribution in [2.45, 2.75) is 431 Å². The summed E-state index contributed by atoms with van der Waals surface area (Å²) in [5, 5.41) is 79.9. The molecule has 12 aliphatic carbocycles. The van der Waals surface area contributed by atoms with Gasteiger partial charge in [0.1, 0.15) is 12.3 Å². The van der Waals surface area contributed by atoms with E-state index in [0.29, 0.717) is 102 Å². The summed E-state index contributed by atoms with van der Waals surface area (Å²) in [6, 6.07) is 0. The molecule has 21 unspecified atom stereocenters. The predicted octanol–water partition coefficient (Wildman–Crippen LogP) is 28.9. The molecule has 14 heteroatoms. The van der Waals surface area contributed by atoms with Gasteiger partial charge in [-0.3, -0.25) is 4.79 Å². The first-order valence-electron chi connectivity index (χ1n) is 50.9. The Labute approximate surface area is 783 Å². The summed E-state index contributed by atoms with van der Waals surface area (Å²) in [4.78, 5) is 12.2. The number of carbonyl (C=O) groups excluding carboxylic acids is 1. The highest BCUT2D eigenvalue weighted by Crippen LogP contribution is 2.63. The summed E-state index contributed by atoms with van der Waals surface area (Å²) >= 11 is 12.7. The van der Waals surface area contributed by atoms with Crippen LogP contribution in [0.2, 0.25) is 0 Å². The number of alkyl halides is 5. The van der Waals surface area contributed by atoms with Gasteiger partial charge in [0, 0.05) is 36.6 Å². The Hall–Kier alpha value is -4.73. The molecule has 0 bridgehead atoms. The number of halogens is 5. The Bertz CT molecular complexity index is 4020. The number of aliphatic hydroxyl groups excluding tert-OH is 3. The lowest BCUT2D eigenvalue weighted by atomic mass is 9.61. The fourth-order valence-corrected chi connectivity index (χ4v) is 26.1. The summed E-state index contributed by atoms with van der Waals surface area (Å²) in [7, 11) is 0. The van der Waals surface area contributed by atoms with Crippen molar-refractivity contribution < 1.29 is 53.7 Å². The number of aliphatic hydroxyl groups is 7. The lowest BCUT2D eigenvalue weighted by Crippen LogP contribution is -2.36. The normalized spacial score (nSPS) is 35.5. The Morgan fingerprint density at radius 3 is 1.30 bits per heavy atom. The summed E-state index contributed by atoms with van der Waals surface area (Å²) in [5.74, 6) is 4.31. The molecule has 716 valence electrons. The van der Waals surface area contributed by atoms with Gasteiger partial charge in [-0.05, 0) is 321 Å². The van der Waals surface area contributed by atoms with Crippen LogP contribution in [0.25, 0.3) is 0 Å². The van der Waals surface area contributed by atoms with E-state index >= 15 is 0 Å². The van der Waals surface area contributed by atoms with Crippen LogP contribution in [0.4, 0.5) is 13.2 Å². The fraction of sp³-hybridized carbons (Fsp3) is 0.702. The van der Waals surface area contributed by atoms with Gasteiger partial charge in [-0.25, -0.2) is 13.2 Å². The highest BCUT2D eigenvalue weighted by molar-refractivity contribution is 6.23. The first kappa shape index (κ1) is 107. The number of hydrogen-bond donors (Lipinski definition) is 8.